The third-order valence-electron chi connectivity index (χ3n) is 1.61. The van der Waals surface area contributed by atoms with E-state index in [1.165, 1.54) is 24.7 Å². The molecule has 0 aromatic carbocycles. The van der Waals surface area contributed by atoms with Crippen LogP contribution in [-0.2, 0) is 0 Å². The molecule has 0 aliphatic rings. The number of aromatic nitrogens is 1. The lowest BCUT2D eigenvalue weighted by Gasteiger charge is -1.92. The largest absolute Gasteiger partial charge is 0.293 e. The smallest absolute Gasteiger partial charge is 0.172 e. The molecule has 0 saturated carbocycles. The highest BCUT2D eigenvalue weighted by atomic mass is 35.5. The maximum atomic E-state index is 11.1. The molecule has 0 aliphatic carbocycles. The minimum atomic E-state index is -0.00478. The van der Waals surface area contributed by atoms with Crippen molar-refractivity contribution in [2.24, 2.45) is 0 Å². The normalized spacial score (nSPS) is 10.5. The van der Waals surface area contributed by atoms with Gasteiger partial charge < -0.3 is 0 Å². The van der Waals surface area contributed by atoms with E-state index < -0.39 is 0 Å². The first kappa shape index (κ1) is 12.0. The third kappa shape index (κ3) is 3.26. The van der Waals surface area contributed by atoms with E-state index in [0.29, 0.717) is 10.0 Å². The number of halogens is 1. The molecule has 0 bridgehead atoms. The molecule has 0 radical (unpaired) electrons. The Morgan fingerprint density at radius 3 is 2.86 bits per heavy atom. The molecule has 1 aromatic heterocycles. The molecule has 0 N–H and O–H groups in total. The molecule has 2 nitrogen and oxygen atoms in total. The van der Waals surface area contributed by atoms with Crippen LogP contribution in [0.25, 0.3) is 0 Å². The minimum Gasteiger partial charge on any atom is -0.293 e. The highest BCUT2D eigenvalue weighted by Gasteiger charge is 2.12. The van der Waals surface area contributed by atoms with E-state index in [9.17, 15) is 4.79 Å². The highest BCUT2D eigenvalue weighted by Crippen LogP contribution is 2.30. The number of thiazole rings is 1. The maximum Gasteiger partial charge on any atom is 0.172 e. The van der Waals surface area contributed by atoms with Crippen molar-refractivity contribution in [3.05, 3.63) is 10.0 Å². The van der Waals surface area contributed by atoms with E-state index >= 15 is 0 Å². The summed E-state index contributed by atoms with van der Waals surface area (Å²) in [4.78, 5) is 15.8. The number of hydrogen-bond acceptors (Lipinski definition) is 4. The fourth-order valence-corrected chi connectivity index (χ4v) is 3.38. The summed E-state index contributed by atoms with van der Waals surface area (Å²) in [6, 6.07) is 0. The van der Waals surface area contributed by atoms with E-state index in [1.54, 1.807) is 11.8 Å². The van der Waals surface area contributed by atoms with Gasteiger partial charge >= 0.3 is 0 Å². The molecule has 0 aliphatic heterocycles. The number of carbonyl (C=O) groups excluding carboxylic acids is 1. The van der Waals surface area contributed by atoms with Crippen LogP contribution in [0.1, 0.15) is 36.4 Å². The Morgan fingerprint density at radius 1 is 1.64 bits per heavy atom. The van der Waals surface area contributed by atoms with Crippen molar-refractivity contribution in [2.75, 3.05) is 5.75 Å². The van der Waals surface area contributed by atoms with E-state index in [0.717, 1.165) is 16.5 Å². The van der Waals surface area contributed by atoms with Crippen LogP contribution in [0.5, 0.6) is 0 Å². The Labute approximate surface area is 97.1 Å². The zero-order chi connectivity index (χ0) is 10.6. The molecule has 5 heteroatoms. The first-order chi connectivity index (χ1) is 6.65. The second-order valence-corrected chi connectivity index (χ2v) is 5.56. The molecular formula is C9H12ClNOS2. The Balaban J connectivity index is 2.62. The Morgan fingerprint density at radius 2 is 2.36 bits per heavy atom. The minimum absolute atomic E-state index is 0.00478. The van der Waals surface area contributed by atoms with Crippen molar-refractivity contribution in [1.29, 1.82) is 0 Å². The summed E-state index contributed by atoms with van der Waals surface area (Å²) in [5.74, 6) is 1.03. The van der Waals surface area contributed by atoms with Gasteiger partial charge in [-0.1, -0.05) is 36.7 Å². The van der Waals surface area contributed by atoms with Gasteiger partial charge in [0.25, 0.3) is 0 Å². The first-order valence-corrected chi connectivity index (χ1v) is 6.63. The molecule has 0 unspecified atom stereocenters. The van der Waals surface area contributed by atoms with E-state index in [-0.39, 0.29) is 5.78 Å². The van der Waals surface area contributed by atoms with Crippen molar-refractivity contribution in [2.45, 2.75) is 31.0 Å². The van der Waals surface area contributed by atoms with Crippen molar-refractivity contribution < 1.29 is 4.79 Å². The van der Waals surface area contributed by atoms with Crippen LogP contribution in [0, 0.1) is 0 Å². The van der Waals surface area contributed by atoms with E-state index in [1.807, 2.05) is 0 Å². The van der Waals surface area contributed by atoms with Gasteiger partial charge in [-0.3, -0.25) is 4.79 Å². The van der Waals surface area contributed by atoms with Crippen LogP contribution in [0.15, 0.2) is 4.34 Å². The standard InChI is InChI=1S/C9H12ClNOS2/c1-3-4-5-13-9-11-8(10)7(14-9)6(2)12/h3-5H2,1-2H3. The number of nitrogens with zero attached hydrogens (tertiary/aromatic N) is 1. The maximum absolute atomic E-state index is 11.1. The van der Waals surface area contributed by atoms with Gasteiger partial charge in [-0.2, -0.15) is 0 Å². The Bertz CT molecular complexity index is 325. The second-order valence-electron chi connectivity index (χ2n) is 2.86. The molecule has 0 fully saturated rings. The second kappa shape index (κ2) is 5.73. The zero-order valence-electron chi connectivity index (χ0n) is 8.17. The lowest BCUT2D eigenvalue weighted by atomic mass is 10.4. The van der Waals surface area contributed by atoms with Crippen molar-refractivity contribution in [3.63, 3.8) is 0 Å². The molecule has 78 valence electrons. The van der Waals surface area contributed by atoms with Crippen LogP contribution in [0.4, 0.5) is 0 Å². The number of Topliss-reactive ketones (excluding diaryl/α,β-unsaturated/α-hetero) is 1. The lowest BCUT2D eigenvalue weighted by Crippen LogP contribution is -1.86. The molecule has 1 rings (SSSR count). The van der Waals surface area contributed by atoms with Crippen molar-refractivity contribution in [3.8, 4) is 0 Å². The lowest BCUT2D eigenvalue weighted by molar-refractivity contribution is 0.102. The van der Waals surface area contributed by atoms with E-state index in [4.69, 9.17) is 11.6 Å². The van der Waals surface area contributed by atoms with Gasteiger partial charge in [-0.25, -0.2) is 4.98 Å². The monoisotopic (exact) mass is 249 g/mol. The Kier molecular flexibility index (Phi) is 4.92. The van der Waals surface area contributed by atoms with Crippen LogP contribution < -0.4 is 0 Å². The number of carbonyl (C=O) groups is 1. The number of hydrogen-bond donors (Lipinski definition) is 0. The summed E-state index contributed by atoms with van der Waals surface area (Å²) in [5.41, 5.74) is 0. The molecule has 1 heterocycles. The summed E-state index contributed by atoms with van der Waals surface area (Å²) in [6.45, 7) is 3.66. The zero-order valence-corrected chi connectivity index (χ0v) is 10.6. The molecule has 0 saturated heterocycles. The summed E-state index contributed by atoms with van der Waals surface area (Å²) in [6.07, 6.45) is 2.34. The van der Waals surface area contributed by atoms with Gasteiger partial charge in [-0.05, 0) is 6.42 Å². The number of ketones is 1. The Hall–Kier alpha value is -0.0600. The van der Waals surface area contributed by atoms with Crippen LogP contribution in [0.3, 0.4) is 0 Å². The molecule has 1 aromatic rings. The SMILES string of the molecule is CCCCSc1nc(Cl)c(C(C)=O)s1. The summed E-state index contributed by atoms with van der Waals surface area (Å²) >= 11 is 8.87. The molecule has 0 atom stereocenters. The summed E-state index contributed by atoms with van der Waals surface area (Å²) in [5, 5.41) is 0.349. The van der Waals surface area contributed by atoms with Gasteiger partial charge in [0, 0.05) is 12.7 Å². The molecule has 14 heavy (non-hydrogen) atoms. The van der Waals surface area contributed by atoms with Crippen molar-refractivity contribution in [1.82, 2.24) is 4.98 Å². The fraction of sp³-hybridized carbons (Fsp3) is 0.556. The summed E-state index contributed by atoms with van der Waals surface area (Å²) < 4.78 is 0.897. The van der Waals surface area contributed by atoms with E-state index in [2.05, 4.69) is 11.9 Å². The number of rotatable bonds is 5. The number of unbranched alkanes of at least 4 members (excludes halogenated alkanes) is 1. The average molecular weight is 250 g/mol. The van der Waals surface area contributed by atoms with Gasteiger partial charge in [0.05, 0.1) is 0 Å². The highest BCUT2D eigenvalue weighted by molar-refractivity contribution is 8.01. The predicted molar refractivity (Wildman–Crippen MR) is 62.8 cm³/mol. The van der Waals surface area contributed by atoms with Crippen LogP contribution in [-0.4, -0.2) is 16.5 Å². The quantitative estimate of drug-likeness (QED) is 0.451. The van der Waals surface area contributed by atoms with Gasteiger partial charge in [0.1, 0.15) is 4.88 Å². The molecule has 0 amide bonds. The molecule has 0 spiro atoms. The van der Waals surface area contributed by atoms with Crippen molar-refractivity contribution >= 4 is 40.5 Å². The van der Waals surface area contributed by atoms with Crippen LogP contribution >= 0.6 is 34.7 Å². The number of thioether (sulfide) groups is 1. The fourth-order valence-electron chi connectivity index (χ4n) is 0.866. The topological polar surface area (TPSA) is 30.0 Å². The summed E-state index contributed by atoms with van der Waals surface area (Å²) in [7, 11) is 0. The third-order valence-corrected chi connectivity index (χ3v) is 4.38. The van der Waals surface area contributed by atoms with Gasteiger partial charge in [-0.15, -0.1) is 11.3 Å². The van der Waals surface area contributed by atoms with Crippen LogP contribution in [0.2, 0.25) is 5.15 Å². The average Bonchev–Trinajstić information content (AvgIpc) is 2.47. The van der Waals surface area contributed by atoms with Gasteiger partial charge in [0.15, 0.2) is 15.3 Å². The predicted octanol–water partition coefficient (Wildman–Crippen LogP) is 3.89. The molecular weight excluding hydrogens is 238 g/mol. The first-order valence-electron chi connectivity index (χ1n) is 4.45. The van der Waals surface area contributed by atoms with Gasteiger partial charge in [0.2, 0.25) is 0 Å².